The molecule has 1 amide bonds. The van der Waals surface area contributed by atoms with Crippen molar-refractivity contribution in [3.63, 3.8) is 0 Å². The van der Waals surface area contributed by atoms with Crippen LogP contribution in [-0.2, 0) is 14.3 Å². The molecule has 196 valence electrons. The number of halogens is 3. The number of aliphatic carboxylic acids is 1. The Hall–Kier alpha value is -3.93. The third-order valence-electron chi connectivity index (χ3n) is 4.27. The van der Waals surface area contributed by atoms with E-state index in [1.54, 1.807) is 24.3 Å². The number of nitrogens with two attached hydrogens (primary N) is 1. The molecule has 9 nitrogen and oxygen atoms in total. The summed E-state index contributed by atoms with van der Waals surface area (Å²) in [4.78, 5) is 37.4. The number of anilines is 1. The monoisotopic (exact) mass is 510 g/mol. The number of esters is 1. The molecule has 0 bridgehead atoms. The molecule has 5 N–H and O–H groups in total. The minimum Gasteiger partial charge on any atom is -0.475 e. The van der Waals surface area contributed by atoms with Crippen LogP contribution in [0.2, 0.25) is 0 Å². The van der Waals surface area contributed by atoms with Crippen LogP contribution in [0.25, 0.3) is 0 Å². The van der Waals surface area contributed by atoms with Crippen LogP contribution in [0.15, 0.2) is 53.5 Å². The lowest BCUT2D eigenvalue weighted by Gasteiger charge is -2.21. The second-order valence-electron chi connectivity index (χ2n) is 8.55. The number of nitrogens with zero attached hydrogens (tertiary/aromatic N) is 1. The summed E-state index contributed by atoms with van der Waals surface area (Å²) in [6.07, 6.45) is -3.44. The number of hydrazine groups is 1. The Morgan fingerprint density at radius 1 is 1.11 bits per heavy atom. The van der Waals surface area contributed by atoms with Crippen molar-refractivity contribution in [2.24, 2.45) is 10.8 Å². The molecule has 0 aromatic heterocycles. The Morgan fingerprint density at radius 3 is 2.19 bits per heavy atom. The summed E-state index contributed by atoms with van der Waals surface area (Å²) >= 11 is 0. The summed E-state index contributed by atoms with van der Waals surface area (Å²) in [5, 5.41) is 9.98. The topological polar surface area (TPSA) is 143 Å². The molecule has 2 aromatic carbocycles. The molecule has 0 aliphatic rings. The van der Waals surface area contributed by atoms with Crippen molar-refractivity contribution < 1.29 is 37.4 Å². The molecule has 1 unspecified atom stereocenters. The van der Waals surface area contributed by atoms with Crippen molar-refractivity contribution in [2.75, 3.05) is 5.32 Å². The summed E-state index contributed by atoms with van der Waals surface area (Å²) in [6.45, 7) is 7.53. The minimum atomic E-state index is -5.08. The second-order valence-corrected chi connectivity index (χ2v) is 8.55. The van der Waals surface area contributed by atoms with E-state index in [-0.39, 0.29) is 17.8 Å². The smallest absolute Gasteiger partial charge is 0.475 e. The number of hydrogen-bond donors (Lipinski definition) is 4. The molecule has 0 fully saturated rings. The zero-order valence-corrected chi connectivity index (χ0v) is 20.2. The molecule has 0 aliphatic heterocycles. The highest BCUT2D eigenvalue weighted by molar-refractivity contribution is 6.04. The lowest BCUT2D eigenvalue weighted by Crippen LogP contribution is -2.24. The highest BCUT2D eigenvalue weighted by Crippen LogP contribution is 2.23. The van der Waals surface area contributed by atoms with Gasteiger partial charge in [0.25, 0.3) is 5.91 Å². The van der Waals surface area contributed by atoms with Gasteiger partial charge in [-0.25, -0.2) is 15.6 Å². The van der Waals surface area contributed by atoms with E-state index < -0.39 is 17.7 Å². The Morgan fingerprint density at radius 2 is 1.69 bits per heavy atom. The van der Waals surface area contributed by atoms with Crippen molar-refractivity contribution in [3.05, 3.63) is 59.7 Å². The summed E-state index contributed by atoms with van der Waals surface area (Å²) in [5.41, 5.74) is 4.59. The van der Waals surface area contributed by atoms with Gasteiger partial charge in [-0.05, 0) is 62.6 Å². The molecule has 2 rings (SSSR count). The molecule has 12 heteroatoms. The predicted molar refractivity (Wildman–Crippen MR) is 129 cm³/mol. The van der Waals surface area contributed by atoms with Crippen molar-refractivity contribution in [1.82, 2.24) is 5.43 Å². The standard InChI is InChI=1S/C22H28N4O3.C2HF3O2/c1-15(12-20(27)29-22(2,3)4)16-8-10-18(11-9-16)26-21(28)17-6-5-7-19(13-17)24-14-25-23;3-2(4,5)1(6)7/h5-11,13-15H,12,23H2,1-4H3,(H,24,25)(H,26,28);(H,6,7). The van der Waals surface area contributed by atoms with Gasteiger partial charge in [-0.2, -0.15) is 13.2 Å². The van der Waals surface area contributed by atoms with Gasteiger partial charge < -0.3 is 20.6 Å². The number of rotatable bonds is 7. The van der Waals surface area contributed by atoms with E-state index in [1.807, 2.05) is 52.0 Å². The van der Waals surface area contributed by atoms with Gasteiger partial charge >= 0.3 is 18.1 Å². The zero-order chi connectivity index (χ0) is 27.5. The second kappa shape index (κ2) is 13.2. The van der Waals surface area contributed by atoms with Gasteiger partial charge in [0.2, 0.25) is 0 Å². The predicted octanol–water partition coefficient (Wildman–Crippen LogP) is 4.53. The lowest BCUT2D eigenvalue weighted by atomic mass is 9.97. The summed E-state index contributed by atoms with van der Waals surface area (Å²) in [5.74, 6) is 1.95. The van der Waals surface area contributed by atoms with Crippen LogP contribution in [0.5, 0.6) is 0 Å². The number of carbonyl (C=O) groups is 3. The highest BCUT2D eigenvalue weighted by atomic mass is 19.4. The maximum absolute atomic E-state index is 12.5. The first kappa shape index (κ1) is 30.1. The summed E-state index contributed by atoms with van der Waals surface area (Å²) < 4.78 is 37.1. The van der Waals surface area contributed by atoms with E-state index in [9.17, 15) is 22.8 Å². The molecule has 0 heterocycles. The van der Waals surface area contributed by atoms with Gasteiger partial charge in [0.1, 0.15) is 11.9 Å². The molecule has 0 aliphatic carbocycles. The number of alkyl halides is 3. The van der Waals surface area contributed by atoms with Gasteiger partial charge in [-0.1, -0.05) is 25.1 Å². The highest BCUT2D eigenvalue weighted by Gasteiger charge is 2.38. The number of hydrogen-bond acceptors (Lipinski definition) is 6. The first-order valence-electron chi connectivity index (χ1n) is 10.6. The molecular weight excluding hydrogens is 481 g/mol. The number of amides is 1. The third kappa shape index (κ3) is 11.5. The molecule has 0 saturated carbocycles. The lowest BCUT2D eigenvalue weighted by molar-refractivity contribution is -0.192. The average Bonchev–Trinajstić information content (AvgIpc) is 2.76. The first-order valence-corrected chi connectivity index (χ1v) is 10.6. The van der Waals surface area contributed by atoms with Crippen molar-refractivity contribution >= 4 is 35.6 Å². The normalized spacial score (nSPS) is 12.2. The minimum absolute atomic E-state index is 0.0142. The van der Waals surface area contributed by atoms with Crippen LogP contribution in [0, 0.1) is 0 Å². The van der Waals surface area contributed by atoms with E-state index >= 15 is 0 Å². The number of carboxylic acid groups (broad SMARTS) is 1. The van der Waals surface area contributed by atoms with Gasteiger partial charge in [0.05, 0.1) is 12.1 Å². The van der Waals surface area contributed by atoms with Gasteiger partial charge in [-0.15, -0.1) is 0 Å². The summed E-state index contributed by atoms with van der Waals surface area (Å²) in [6, 6.07) is 14.3. The van der Waals surface area contributed by atoms with Crippen LogP contribution in [0.4, 0.5) is 24.5 Å². The van der Waals surface area contributed by atoms with Gasteiger partial charge in [0.15, 0.2) is 0 Å². The molecule has 0 saturated heterocycles. The van der Waals surface area contributed by atoms with Gasteiger partial charge in [0, 0.05) is 11.3 Å². The van der Waals surface area contributed by atoms with Crippen LogP contribution in [0.1, 0.15) is 56.0 Å². The van der Waals surface area contributed by atoms with E-state index in [1.165, 1.54) is 6.34 Å². The number of benzene rings is 2. The fraction of sp³-hybridized carbons (Fsp3) is 0.333. The van der Waals surface area contributed by atoms with Crippen LogP contribution < -0.4 is 16.6 Å². The van der Waals surface area contributed by atoms with Crippen molar-refractivity contribution in [1.29, 1.82) is 0 Å². The largest absolute Gasteiger partial charge is 0.490 e. The molecule has 1 atom stereocenters. The zero-order valence-electron chi connectivity index (χ0n) is 20.2. The maximum atomic E-state index is 12.5. The number of ether oxygens (including phenoxy) is 1. The summed E-state index contributed by atoms with van der Waals surface area (Å²) in [7, 11) is 0. The van der Waals surface area contributed by atoms with Crippen LogP contribution in [-0.4, -0.2) is 41.1 Å². The number of carbonyl (C=O) groups excluding carboxylic acids is 2. The van der Waals surface area contributed by atoms with Crippen molar-refractivity contribution in [3.8, 4) is 0 Å². The molecule has 36 heavy (non-hydrogen) atoms. The Bertz CT molecular complexity index is 1060. The van der Waals surface area contributed by atoms with E-state index in [0.717, 1.165) is 5.56 Å². The molecule has 0 spiro atoms. The van der Waals surface area contributed by atoms with Crippen LogP contribution in [0.3, 0.4) is 0 Å². The third-order valence-corrected chi connectivity index (χ3v) is 4.27. The van der Waals surface area contributed by atoms with Gasteiger partial charge in [-0.3, -0.25) is 9.59 Å². The number of carboxylic acids is 1. The van der Waals surface area contributed by atoms with Crippen molar-refractivity contribution in [2.45, 2.75) is 51.8 Å². The Balaban J connectivity index is 0.000000809. The molecule has 0 radical (unpaired) electrons. The fourth-order valence-electron chi connectivity index (χ4n) is 2.69. The van der Waals surface area contributed by atoms with E-state index in [4.69, 9.17) is 20.5 Å². The Kier molecular flexibility index (Phi) is 11.1. The first-order chi connectivity index (χ1) is 16.6. The number of nitrogens with one attached hydrogen (secondary N) is 2. The van der Waals surface area contributed by atoms with Crippen LogP contribution >= 0.6 is 0 Å². The molecular formula is C24H29F3N4O5. The maximum Gasteiger partial charge on any atom is 0.490 e. The Labute approximate surface area is 206 Å². The average molecular weight is 511 g/mol. The van der Waals surface area contributed by atoms with E-state index in [2.05, 4.69) is 15.7 Å². The fourth-order valence-corrected chi connectivity index (χ4v) is 2.69. The number of aliphatic imine (C=N–C) groups is 1. The van der Waals surface area contributed by atoms with E-state index in [0.29, 0.717) is 23.4 Å². The SMILES string of the molecule is CC(CC(=O)OC(C)(C)C)c1ccc(NC(=O)c2cccc(N=CNN)c2)cc1.O=C(O)C(F)(F)F. The quantitative estimate of drug-likeness (QED) is 0.141. The molecule has 2 aromatic rings.